The van der Waals surface area contributed by atoms with Crippen LogP contribution in [0.4, 0.5) is 5.69 Å². The molecule has 162 valence electrons. The van der Waals surface area contributed by atoms with Crippen LogP contribution < -0.4 is 17.0 Å². The van der Waals surface area contributed by atoms with Gasteiger partial charge in [0, 0.05) is 23.5 Å². The van der Waals surface area contributed by atoms with Crippen LogP contribution in [0, 0.1) is 13.8 Å². The molecule has 0 atom stereocenters. The molecule has 5 rings (SSSR count). The molecule has 0 unspecified atom stereocenters. The number of imidazole rings is 2. The van der Waals surface area contributed by atoms with Crippen LogP contribution in [0.25, 0.3) is 22.6 Å². The van der Waals surface area contributed by atoms with E-state index < -0.39 is 11.2 Å². The van der Waals surface area contributed by atoms with Gasteiger partial charge in [0.05, 0.1) is 17.9 Å². The predicted molar refractivity (Wildman–Crippen MR) is 126 cm³/mol. The second-order valence-corrected chi connectivity index (χ2v) is 8.22. The number of benzene rings is 2. The van der Waals surface area contributed by atoms with Crippen LogP contribution in [0.1, 0.15) is 17.0 Å². The Morgan fingerprint density at radius 1 is 1.00 bits per heavy atom. The highest BCUT2D eigenvalue weighted by Crippen LogP contribution is 2.27. The fourth-order valence-electron chi connectivity index (χ4n) is 4.17. The van der Waals surface area contributed by atoms with Crippen LogP contribution in [-0.4, -0.2) is 23.1 Å². The molecule has 3 aromatic heterocycles. The van der Waals surface area contributed by atoms with E-state index in [2.05, 4.69) is 0 Å². The molecule has 0 aliphatic heterocycles. The van der Waals surface area contributed by atoms with E-state index in [9.17, 15) is 9.59 Å². The number of hydrogen-bond donors (Lipinski definition) is 1. The molecule has 0 radical (unpaired) electrons. The van der Waals surface area contributed by atoms with Crippen LogP contribution >= 0.6 is 11.6 Å². The molecule has 0 amide bonds. The summed E-state index contributed by atoms with van der Waals surface area (Å²) in [5.74, 6) is 0.524. The Bertz CT molecular complexity index is 1650. The molecule has 0 saturated carbocycles. The number of halogens is 1. The third-order valence-electron chi connectivity index (χ3n) is 5.98. The van der Waals surface area contributed by atoms with Gasteiger partial charge in [0.15, 0.2) is 11.2 Å². The maximum absolute atomic E-state index is 13.6. The molecule has 5 aromatic rings. The van der Waals surface area contributed by atoms with Gasteiger partial charge < -0.3 is 5.73 Å². The lowest BCUT2D eigenvalue weighted by Crippen LogP contribution is -2.39. The molecule has 0 aliphatic rings. The van der Waals surface area contributed by atoms with Crippen LogP contribution in [0.3, 0.4) is 0 Å². The van der Waals surface area contributed by atoms with Gasteiger partial charge in [0.25, 0.3) is 5.56 Å². The minimum absolute atomic E-state index is 0.0682. The molecular formula is C23H21ClN6O2. The van der Waals surface area contributed by atoms with Gasteiger partial charge in [-0.3, -0.25) is 22.9 Å². The summed E-state index contributed by atoms with van der Waals surface area (Å²) >= 11 is 6.29. The third-order valence-corrected chi connectivity index (χ3v) is 6.35. The highest BCUT2D eigenvalue weighted by molar-refractivity contribution is 6.31. The Balaban J connectivity index is 1.87. The van der Waals surface area contributed by atoms with Crippen LogP contribution in [0.15, 0.2) is 58.1 Å². The molecule has 32 heavy (non-hydrogen) atoms. The van der Waals surface area contributed by atoms with Gasteiger partial charge in [-0.25, -0.2) is 4.79 Å². The summed E-state index contributed by atoms with van der Waals surface area (Å²) in [6, 6.07) is 14.6. The second kappa shape index (κ2) is 7.13. The van der Waals surface area contributed by atoms with Crippen molar-refractivity contribution in [1.29, 1.82) is 0 Å². The molecule has 0 spiro atoms. The monoisotopic (exact) mass is 448 g/mol. The van der Waals surface area contributed by atoms with Gasteiger partial charge in [-0.15, -0.1) is 0 Å². The van der Waals surface area contributed by atoms with E-state index >= 15 is 0 Å². The fraction of sp³-hybridized carbons (Fsp3) is 0.174. The van der Waals surface area contributed by atoms with Crippen molar-refractivity contribution >= 4 is 34.2 Å². The highest BCUT2D eigenvalue weighted by Gasteiger charge is 2.24. The summed E-state index contributed by atoms with van der Waals surface area (Å²) in [6.45, 7) is 3.94. The van der Waals surface area contributed by atoms with Crippen LogP contribution in [-0.2, 0) is 13.6 Å². The first-order valence-electron chi connectivity index (χ1n) is 10.1. The Kier molecular flexibility index (Phi) is 4.49. The molecule has 2 N–H and O–H groups in total. The Morgan fingerprint density at radius 3 is 2.41 bits per heavy atom. The van der Waals surface area contributed by atoms with Crippen molar-refractivity contribution < 1.29 is 0 Å². The smallest absolute Gasteiger partial charge is 0.332 e. The summed E-state index contributed by atoms with van der Waals surface area (Å²) in [6.07, 6.45) is 0. The van der Waals surface area contributed by atoms with Crippen molar-refractivity contribution in [3.05, 3.63) is 91.3 Å². The van der Waals surface area contributed by atoms with Gasteiger partial charge in [-0.05, 0) is 37.6 Å². The summed E-state index contributed by atoms with van der Waals surface area (Å²) in [7, 11) is 1.61. The van der Waals surface area contributed by atoms with E-state index in [1.807, 2.05) is 48.7 Å². The summed E-state index contributed by atoms with van der Waals surface area (Å²) in [5.41, 5.74) is 9.79. The first kappa shape index (κ1) is 20.1. The quantitative estimate of drug-likeness (QED) is 0.429. The zero-order chi connectivity index (χ0) is 22.7. The van der Waals surface area contributed by atoms with E-state index in [0.717, 1.165) is 17.1 Å². The lowest BCUT2D eigenvalue weighted by Gasteiger charge is -2.10. The van der Waals surface area contributed by atoms with Gasteiger partial charge in [-0.2, -0.15) is 4.98 Å². The Morgan fingerprint density at radius 2 is 1.69 bits per heavy atom. The largest absolute Gasteiger partial charge is 0.397 e. The first-order chi connectivity index (χ1) is 15.3. The number of para-hydroxylation sites is 2. The second-order valence-electron chi connectivity index (χ2n) is 7.81. The van der Waals surface area contributed by atoms with Crippen molar-refractivity contribution in [1.82, 2.24) is 23.1 Å². The lowest BCUT2D eigenvalue weighted by atomic mass is 10.2. The summed E-state index contributed by atoms with van der Waals surface area (Å²) in [5, 5.41) is 0.498. The molecule has 0 aliphatic carbocycles. The minimum Gasteiger partial charge on any atom is -0.397 e. The maximum atomic E-state index is 13.6. The van der Waals surface area contributed by atoms with Crippen LogP contribution in [0.2, 0.25) is 5.02 Å². The standard InChI is InChI=1S/C23H21ClN6O2/c1-13-14(2)30-19-20(26-22(30)29(13)18-11-7-6-10-17(18)25)27(3)23(32)28(21(19)31)12-15-8-4-5-9-16(15)24/h4-11H,12,25H2,1-3H3. The number of nitrogens with two attached hydrogens (primary N) is 1. The van der Waals surface area contributed by atoms with E-state index in [1.165, 1.54) is 9.13 Å². The van der Waals surface area contributed by atoms with Gasteiger partial charge in [0.1, 0.15) is 0 Å². The van der Waals surface area contributed by atoms with E-state index in [1.54, 1.807) is 29.6 Å². The van der Waals surface area contributed by atoms with Crippen molar-refractivity contribution in [2.45, 2.75) is 20.4 Å². The van der Waals surface area contributed by atoms with E-state index in [-0.39, 0.29) is 6.54 Å². The molecule has 0 bridgehead atoms. The minimum atomic E-state index is -0.455. The molecule has 2 aromatic carbocycles. The molecular weight excluding hydrogens is 428 g/mol. The normalized spacial score (nSPS) is 11.6. The number of fused-ring (bicyclic) bond motifs is 3. The average Bonchev–Trinajstić information content (AvgIpc) is 3.27. The highest BCUT2D eigenvalue weighted by atomic mass is 35.5. The van der Waals surface area contributed by atoms with E-state index in [0.29, 0.717) is 33.2 Å². The Labute approximate surface area is 187 Å². The number of aromatic nitrogens is 5. The van der Waals surface area contributed by atoms with Gasteiger partial charge >= 0.3 is 5.69 Å². The zero-order valence-electron chi connectivity index (χ0n) is 17.8. The maximum Gasteiger partial charge on any atom is 0.332 e. The fourth-order valence-corrected chi connectivity index (χ4v) is 4.36. The van der Waals surface area contributed by atoms with Crippen LogP contribution in [0.5, 0.6) is 0 Å². The van der Waals surface area contributed by atoms with Crippen molar-refractivity contribution in [3.63, 3.8) is 0 Å². The number of rotatable bonds is 3. The molecule has 0 fully saturated rings. The average molecular weight is 449 g/mol. The number of anilines is 1. The summed E-state index contributed by atoms with van der Waals surface area (Å²) in [4.78, 5) is 31.4. The number of hydrogen-bond acceptors (Lipinski definition) is 4. The van der Waals surface area contributed by atoms with Crippen molar-refractivity contribution in [2.24, 2.45) is 7.05 Å². The number of nitrogen functional groups attached to an aromatic ring is 1. The van der Waals surface area contributed by atoms with Crippen molar-refractivity contribution in [3.8, 4) is 5.69 Å². The van der Waals surface area contributed by atoms with Gasteiger partial charge in [-0.1, -0.05) is 41.9 Å². The molecule has 3 heterocycles. The van der Waals surface area contributed by atoms with Crippen molar-refractivity contribution in [2.75, 3.05) is 5.73 Å². The number of nitrogens with zero attached hydrogens (tertiary/aromatic N) is 5. The topological polar surface area (TPSA) is 92.2 Å². The number of aryl methyl sites for hydroxylation is 2. The van der Waals surface area contributed by atoms with Gasteiger partial charge in [0.2, 0.25) is 5.78 Å². The molecule has 0 saturated heterocycles. The van der Waals surface area contributed by atoms with E-state index in [4.69, 9.17) is 22.3 Å². The Hall–Kier alpha value is -3.78. The lowest BCUT2D eigenvalue weighted by molar-refractivity contribution is 0.656. The third kappa shape index (κ3) is 2.73. The zero-order valence-corrected chi connectivity index (χ0v) is 18.6. The first-order valence-corrected chi connectivity index (χ1v) is 10.5. The summed E-state index contributed by atoms with van der Waals surface area (Å²) < 4.78 is 6.30. The molecule has 8 nitrogen and oxygen atoms in total. The SMILES string of the molecule is Cc1c(C)n2c3c(=O)n(Cc4ccccc4Cl)c(=O)n(C)c3nc2n1-c1ccccc1N. The predicted octanol–water partition coefficient (Wildman–Crippen LogP) is 3.04. The molecule has 9 heteroatoms.